The van der Waals surface area contributed by atoms with Crippen LogP contribution in [0.25, 0.3) is 16.5 Å². The first-order valence-electron chi connectivity index (χ1n) is 11.3. The second-order valence-corrected chi connectivity index (χ2v) is 8.30. The topological polar surface area (TPSA) is 111 Å². The molecule has 2 aromatic carbocycles. The maximum absolute atomic E-state index is 13.0. The molecule has 2 N–H and O–H groups in total. The summed E-state index contributed by atoms with van der Waals surface area (Å²) >= 11 is 0. The van der Waals surface area contributed by atoms with Crippen LogP contribution in [0.5, 0.6) is 0 Å². The normalized spacial score (nSPS) is 12.5. The van der Waals surface area contributed by atoms with Crippen molar-refractivity contribution < 1.29 is 9.59 Å². The summed E-state index contributed by atoms with van der Waals surface area (Å²) in [4.78, 5) is 38.5. The van der Waals surface area contributed by atoms with Gasteiger partial charge in [0.25, 0.3) is 17.4 Å². The summed E-state index contributed by atoms with van der Waals surface area (Å²) in [7, 11) is 0. The SMILES string of the molecule is CCn1nc(C(=O)NNC(=O)c2nn(-c3ccc(C)cc3)c3c2CCC3)c2ccccc2c1=O. The second kappa shape index (κ2) is 8.58. The molecule has 0 atom stereocenters. The smallest absolute Gasteiger partial charge is 0.267 e. The van der Waals surface area contributed by atoms with E-state index in [1.165, 1.54) is 4.68 Å². The largest absolute Gasteiger partial charge is 0.290 e. The van der Waals surface area contributed by atoms with Crippen molar-refractivity contribution in [1.82, 2.24) is 30.4 Å². The van der Waals surface area contributed by atoms with Gasteiger partial charge in [-0.15, -0.1) is 0 Å². The molecule has 1 aliphatic carbocycles. The molecule has 172 valence electrons. The summed E-state index contributed by atoms with van der Waals surface area (Å²) in [6, 6.07) is 14.7. The van der Waals surface area contributed by atoms with Crippen molar-refractivity contribution in [3.63, 3.8) is 0 Å². The van der Waals surface area contributed by atoms with E-state index in [9.17, 15) is 14.4 Å². The van der Waals surface area contributed by atoms with Gasteiger partial charge < -0.3 is 0 Å². The van der Waals surface area contributed by atoms with Gasteiger partial charge in [0.2, 0.25) is 0 Å². The van der Waals surface area contributed by atoms with E-state index in [1.807, 2.05) is 35.9 Å². The number of hydrazine groups is 1. The number of fused-ring (bicyclic) bond motifs is 2. The lowest BCUT2D eigenvalue weighted by Crippen LogP contribution is -2.43. The molecular formula is C25H24N6O3. The molecule has 0 unspecified atom stereocenters. The highest BCUT2D eigenvalue weighted by atomic mass is 16.2. The minimum absolute atomic E-state index is 0.0627. The van der Waals surface area contributed by atoms with Crippen LogP contribution in [-0.4, -0.2) is 31.4 Å². The maximum atomic E-state index is 13.0. The molecule has 0 radical (unpaired) electrons. The Kier molecular flexibility index (Phi) is 5.45. The van der Waals surface area contributed by atoms with Gasteiger partial charge in [-0.1, -0.05) is 35.9 Å². The van der Waals surface area contributed by atoms with Gasteiger partial charge in [-0.3, -0.25) is 25.2 Å². The van der Waals surface area contributed by atoms with Crippen molar-refractivity contribution in [1.29, 1.82) is 0 Å². The molecule has 2 heterocycles. The van der Waals surface area contributed by atoms with Crippen molar-refractivity contribution in [3.8, 4) is 5.69 Å². The van der Waals surface area contributed by atoms with Crippen LogP contribution in [0, 0.1) is 6.92 Å². The third-order valence-electron chi connectivity index (χ3n) is 6.10. The van der Waals surface area contributed by atoms with Gasteiger partial charge in [0, 0.05) is 23.2 Å². The van der Waals surface area contributed by atoms with E-state index >= 15 is 0 Å². The molecule has 9 heteroatoms. The average molecular weight is 457 g/mol. The van der Waals surface area contributed by atoms with Crippen molar-refractivity contribution in [2.45, 2.75) is 39.7 Å². The Labute approximate surface area is 195 Å². The molecule has 0 bridgehead atoms. The number of aromatic nitrogens is 4. The van der Waals surface area contributed by atoms with Crippen molar-refractivity contribution in [2.24, 2.45) is 0 Å². The summed E-state index contributed by atoms with van der Waals surface area (Å²) in [5.74, 6) is -1.10. The minimum Gasteiger partial charge on any atom is -0.267 e. The number of carbonyl (C=O) groups excluding carboxylic acids is 2. The quantitative estimate of drug-likeness (QED) is 0.459. The fraction of sp³-hybridized carbons (Fsp3) is 0.240. The number of nitrogens with zero attached hydrogens (tertiary/aromatic N) is 4. The third kappa shape index (κ3) is 3.64. The molecule has 0 saturated carbocycles. The van der Waals surface area contributed by atoms with E-state index in [-0.39, 0.29) is 11.3 Å². The first-order chi connectivity index (χ1) is 16.5. The Hall–Kier alpha value is -4.27. The van der Waals surface area contributed by atoms with Crippen LogP contribution in [0.3, 0.4) is 0 Å². The van der Waals surface area contributed by atoms with Crippen LogP contribution >= 0.6 is 0 Å². The van der Waals surface area contributed by atoms with Gasteiger partial charge in [-0.2, -0.15) is 10.2 Å². The van der Waals surface area contributed by atoms with Crippen LogP contribution < -0.4 is 16.4 Å². The highest BCUT2D eigenvalue weighted by Gasteiger charge is 2.27. The first kappa shape index (κ1) is 21.6. The Bertz CT molecular complexity index is 1480. The van der Waals surface area contributed by atoms with E-state index in [1.54, 1.807) is 31.2 Å². The molecule has 2 aromatic heterocycles. The monoisotopic (exact) mass is 456 g/mol. The number of rotatable bonds is 4. The van der Waals surface area contributed by atoms with Gasteiger partial charge in [-0.25, -0.2) is 9.36 Å². The maximum Gasteiger partial charge on any atom is 0.290 e. The lowest BCUT2D eigenvalue weighted by molar-refractivity contribution is 0.0840. The van der Waals surface area contributed by atoms with Crippen LogP contribution in [0.1, 0.15) is 51.1 Å². The van der Waals surface area contributed by atoms with E-state index in [0.717, 1.165) is 41.8 Å². The van der Waals surface area contributed by atoms with Gasteiger partial charge >= 0.3 is 0 Å². The van der Waals surface area contributed by atoms with Crippen LogP contribution in [0.4, 0.5) is 0 Å². The number of nitrogens with one attached hydrogen (secondary N) is 2. The molecule has 1 aliphatic rings. The average Bonchev–Trinajstić information content (AvgIpc) is 3.46. The van der Waals surface area contributed by atoms with E-state index in [0.29, 0.717) is 23.0 Å². The molecule has 9 nitrogen and oxygen atoms in total. The van der Waals surface area contributed by atoms with E-state index < -0.39 is 11.8 Å². The van der Waals surface area contributed by atoms with Gasteiger partial charge in [-0.05, 0) is 51.3 Å². The predicted molar refractivity (Wildman–Crippen MR) is 127 cm³/mol. The van der Waals surface area contributed by atoms with Gasteiger partial charge in [0.1, 0.15) is 0 Å². The van der Waals surface area contributed by atoms with Gasteiger partial charge in [0.05, 0.1) is 11.1 Å². The highest BCUT2D eigenvalue weighted by Crippen LogP contribution is 2.28. The number of amides is 2. The minimum atomic E-state index is -0.610. The molecule has 5 rings (SSSR count). The summed E-state index contributed by atoms with van der Waals surface area (Å²) in [5, 5.41) is 9.58. The van der Waals surface area contributed by atoms with Gasteiger partial charge in [0.15, 0.2) is 11.4 Å². The Morgan fingerprint density at radius 3 is 2.29 bits per heavy atom. The molecule has 0 spiro atoms. The Morgan fingerprint density at radius 1 is 0.912 bits per heavy atom. The summed E-state index contributed by atoms with van der Waals surface area (Å²) < 4.78 is 3.04. The number of carbonyl (C=O) groups is 2. The van der Waals surface area contributed by atoms with Crippen molar-refractivity contribution >= 4 is 22.6 Å². The van der Waals surface area contributed by atoms with E-state index in [2.05, 4.69) is 21.0 Å². The predicted octanol–water partition coefficient (Wildman–Crippen LogP) is 2.47. The zero-order valence-electron chi connectivity index (χ0n) is 19.0. The van der Waals surface area contributed by atoms with Crippen LogP contribution in [-0.2, 0) is 19.4 Å². The van der Waals surface area contributed by atoms with Crippen molar-refractivity contribution in [3.05, 3.63) is 87.1 Å². The zero-order valence-corrected chi connectivity index (χ0v) is 19.0. The third-order valence-corrected chi connectivity index (χ3v) is 6.10. The molecular weight excluding hydrogens is 432 g/mol. The zero-order chi connectivity index (χ0) is 23.8. The summed E-state index contributed by atoms with van der Waals surface area (Å²) in [5.41, 5.74) is 8.96. The number of benzene rings is 2. The summed E-state index contributed by atoms with van der Waals surface area (Å²) in [6.45, 7) is 4.11. The molecule has 0 fully saturated rings. The Balaban J connectivity index is 1.41. The number of aryl methyl sites for hydroxylation is 2. The molecule has 34 heavy (non-hydrogen) atoms. The van der Waals surface area contributed by atoms with Crippen LogP contribution in [0.15, 0.2) is 53.3 Å². The van der Waals surface area contributed by atoms with Crippen LogP contribution in [0.2, 0.25) is 0 Å². The molecule has 0 aliphatic heterocycles. The fourth-order valence-corrected chi connectivity index (χ4v) is 4.37. The first-order valence-corrected chi connectivity index (χ1v) is 11.3. The highest BCUT2D eigenvalue weighted by molar-refractivity contribution is 6.06. The molecule has 0 saturated heterocycles. The lowest BCUT2D eigenvalue weighted by Gasteiger charge is -2.10. The second-order valence-electron chi connectivity index (χ2n) is 8.30. The fourth-order valence-electron chi connectivity index (χ4n) is 4.37. The number of hydrogen-bond donors (Lipinski definition) is 2. The standard InChI is InChI=1S/C25H24N6O3/c1-3-30-25(34)18-8-5-4-7-17(18)21(28-30)23(32)26-27-24(33)22-19-9-6-10-20(19)31(29-22)16-13-11-15(2)12-14-16/h4-5,7-8,11-14H,3,6,9-10H2,1-2H3,(H,26,32)(H,27,33). The lowest BCUT2D eigenvalue weighted by atomic mass is 10.1. The van der Waals surface area contributed by atoms with Crippen molar-refractivity contribution in [2.75, 3.05) is 0 Å². The van der Waals surface area contributed by atoms with E-state index in [4.69, 9.17) is 0 Å². The number of hydrogen-bond acceptors (Lipinski definition) is 5. The molecule has 4 aromatic rings. The molecule has 2 amide bonds. The Morgan fingerprint density at radius 2 is 1.59 bits per heavy atom. The summed E-state index contributed by atoms with van der Waals surface area (Å²) in [6.07, 6.45) is 2.54.